The van der Waals surface area contributed by atoms with Gasteiger partial charge in [0.2, 0.25) is 0 Å². The molecule has 8 nitrogen and oxygen atoms in total. The molecule has 0 aliphatic carbocycles. The van der Waals surface area contributed by atoms with Crippen LogP contribution in [0.4, 0.5) is 0 Å². The number of aliphatic imine (C=N–C) groups is 1. The van der Waals surface area contributed by atoms with E-state index in [4.69, 9.17) is 24.5 Å². The Morgan fingerprint density at radius 1 is 1.09 bits per heavy atom. The summed E-state index contributed by atoms with van der Waals surface area (Å²) in [4.78, 5) is 22.0. The maximum Gasteiger partial charge on any atom is 0.282 e. The standard InChI is InChI=1S/C25H24BrN3O5/c1-14-7-15(2)9-18(8-14)32-5-6-33-23-20(26)12-17(13-21(23)31-4)11-19-24(27)29-22(28-25(19)30)10-16(3)34-29/h7-13,27H,5-6H2,1-4H3/b19-11+,27-24?. The van der Waals surface area contributed by atoms with Gasteiger partial charge in [-0.25, -0.2) is 0 Å². The normalized spacial score (nSPS) is 16.1. The number of ether oxygens (including phenoxy) is 3. The van der Waals surface area contributed by atoms with Crippen molar-refractivity contribution in [1.29, 1.82) is 5.41 Å². The minimum atomic E-state index is -0.509. The highest BCUT2D eigenvalue weighted by Crippen LogP contribution is 2.37. The third-order valence-electron chi connectivity index (χ3n) is 5.04. The quantitative estimate of drug-likeness (QED) is 0.404. The summed E-state index contributed by atoms with van der Waals surface area (Å²) in [5.41, 5.74) is 3.02. The number of hydrogen-bond acceptors (Lipinski definition) is 6. The van der Waals surface area contributed by atoms with Crippen LogP contribution in [0.3, 0.4) is 0 Å². The van der Waals surface area contributed by atoms with Crippen LogP contribution in [0.2, 0.25) is 0 Å². The number of carbonyl (C=O) groups is 1. The van der Waals surface area contributed by atoms with Gasteiger partial charge in [0, 0.05) is 6.08 Å². The first-order chi connectivity index (χ1) is 16.2. The number of aryl methyl sites for hydroxylation is 2. The average Bonchev–Trinajstić information content (AvgIpc) is 3.14. The lowest BCUT2D eigenvalue weighted by molar-refractivity contribution is -0.114. The number of halogens is 1. The number of nitrogens with one attached hydrogen (secondary N) is 1. The number of fused-ring (bicyclic) bond motifs is 1. The summed E-state index contributed by atoms with van der Waals surface area (Å²) >= 11 is 3.52. The molecule has 0 saturated carbocycles. The molecular formula is C25H24BrN3O5. The Hall–Kier alpha value is -3.59. The minimum absolute atomic E-state index is 0.0814. The molecule has 0 bridgehead atoms. The van der Waals surface area contributed by atoms with E-state index in [1.165, 1.54) is 12.2 Å². The molecule has 34 heavy (non-hydrogen) atoms. The maximum absolute atomic E-state index is 12.5. The molecule has 4 rings (SSSR count). The van der Waals surface area contributed by atoms with E-state index in [1.54, 1.807) is 31.2 Å². The number of hydrogen-bond donors (Lipinski definition) is 1. The van der Waals surface area contributed by atoms with Gasteiger partial charge in [-0.15, -0.1) is 5.06 Å². The molecule has 2 aromatic carbocycles. The molecule has 0 atom stereocenters. The van der Waals surface area contributed by atoms with Gasteiger partial charge in [-0.1, -0.05) is 6.07 Å². The summed E-state index contributed by atoms with van der Waals surface area (Å²) in [7, 11) is 1.54. The van der Waals surface area contributed by atoms with E-state index >= 15 is 0 Å². The van der Waals surface area contributed by atoms with Gasteiger partial charge in [0.25, 0.3) is 5.91 Å². The van der Waals surface area contributed by atoms with Crippen LogP contribution in [0.5, 0.6) is 17.2 Å². The predicted molar refractivity (Wildman–Crippen MR) is 132 cm³/mol. The Labute approximate surface area is 206 Å². The van der Waals surface area contributed by atoms with Crippen LogP contribution < -0.4 is 14.2 Å². The molecule has 1 N–H and O–H groups in total. The number of nitrogens with zero attached hydrogens (tertiary/aromatic N) is 2. The Morgan fingerprint density at radius 2 is 1.79 bits per heavy atom. The molecule has 0 aromatic heterocycles. The predicted octanol–water partition coefficient (Wildman–Crippen LogP) is 4.98. The molecule has 9 heteroatoms. The smallest absolute Gasteiger partial charge is 0.282 e. The van der Waals surface area contributed by atoms with Crippen molar-refractivity contribution in [2.24, 2.45) is 4.99 Å². The molecule has 0 fully saturated rings. The van der Waals surface area contributed by atoms with Gasteiger partial charge < -0.3 is 19.0 Å². The topological polar surface area (TPSA) is 93.4 Å². The van der Waals surface area contributed by atoms with E-state index in [1.807, 2.05) is 26.0 Å². The Bertz CT molecular complexity index is 1250. The molecule has 0 saturated heterocycles. The second-order valence-electron chi connectivity index (χ2n) is 7.88. The van der Waals surface area contributed by atoms with E-state index in [9.17, 15) is 4.79 Å². The fourth-order valence-corrected chi connectivity index (χ4v) is 4.22. The van der Waals surface area contributed by atoms with Crippen LogP contribution in [-0.4, -0.2) is 43.0 Å². The average molecular weight is 526 g/mol. The van der Waals surface area contributed by atoms with Crippen molar-refractivity contribution in [1.82, 2.24) is 5.06 Å². The fourth-order valence-electron chi connectivity index (χ4n) is 3.65. The molecule has 2 aliphatic rings. The molecule has 0 unspecified atom stereocenters. The molecule has 176 valence electrons. The van der Waals surface area contributed by atoms with Crippen LogP contribution in [-0.2, 0) is 9.63 Å². The number of amides is 1. The van der Waals surface area contributed by atoms with Crippen LogP contribution in [0, 0.1) is 19.3 Å². The minimum Gasteiger partial charge on any atom is -0.493 e. The monoisotopic (exact) mass is 525 g/mol. The van der Waals surface area contributed by atoms with Gasteiger partial charge in [0.1, 0.15) is 24.7 Å². The number of rotatable bonds is 7. The largest absolute Gasteiger partial charge is 0.493 e. The lowest BCUT2D eigenvalue weighted by atomic mass is 10.1. The van der Waals surface area contributed by atoms with E-state index in [-0.39, 0.29) is 11.4 Å². The highest BCUT2D eigenvalue weighted by molar-refractivity contribution is 9.10. The molecule has 0 spiro atoms. The zero-order valence-electron chi connectivity index (χ0n) is 19.3. The molecule has 2 aromatic rings. The summed E-state index contributed by atoms with van der Waals surface area (Å²) in [6.45, 7) is 6.45. The van der Waals surface area contributed by atoms with Gasteiger partial charge in [0.05, 0.1) is 17.2 Å². The molecule has 2 heterocycles. The SMILES string of the molecule is COc1cc(/C=C2\C(=N)N3OC(C)=CC3=NC2=O)cc(Br)c1OCCOc1cc(C)cc(C)c1. The summed E-state index contributed by atoms with van der Waals surface area (Å²) in [6.07, 6.45) is 3.18. The van der Waals surface area contributed by atoms with Crippen LogP contribution >= 0.6 is 15.9 Å². The van der Waals surface area contributed by atoms with Crippen molar-refractivity contribution in [3.63, 3.8) is 0 Å². The van der Waals surface area contributed by atoms with Crippen molar-refractivity contribution in [2.75, 3.05) is 20.3 Å². The van der Waals surface area contributed by atoms with E-state index < -0.39 is 5.91 Å². The van der Waals surface area contributed by atoms with E-state index in [0.29, 0.717) is 46.3 Å². The first kappa shape index (κ1) is 23.6. The van der Waals surface area contributed by atoms with Crippen molar-refractivity contribution in [2.45, 2.75) is 20.8 Å². The lowest BCUT2D eigenvalue weighted by Crippen LogP contribution is -2.38. The van der Waals surface area contributed by atoms with Gasteiger partial charge >= 0.3 is 0 Å². The molecular weight excluding hydrogens is 502 g/mol. The summed E-state index contributed by atoms with van der Waals surface area (Å²) in [5.74, 6) is 2.06. The number of carbonyl (C=O) groups excluding carboxylic acids is 1. The first-order valence-corrected chi connectivity index (χ1v) is 11.4. The number of hydroxylamine groups is 2. The Balaban J connectivity index is 1.48. The second kappa shape index (κ2) is 9.72. The van der Waals surface area contributed by atoms with E-state index in [2.05, 4.69) is 27.0 Å². The van der Waals surface area contributed by atoms with Gasteiger partial charge in [-0.3, -0.25) is 10.2 Å². The van der Waals surface area contributed by atoms with Gasteiger partial charge in [-0.2, -0.15) is 4.99 Å². The van der Waals surface area contributed by atoms with Crippen LogP contribution in [0.25, 0.3) is 6.08 Å². The number of benzene rings is 2. The number of methoxy groups -OCH3 is 1. The second-order valence-corrected chi connectivity index (χ2v) is 8.73. The van der Waals surface area contributed by atoms with Gasteiger partial charge in [0.15, 0.2) is 23.2 Å². The van der Waals surface area contributed by atoms with Crippen LogP contribution in [0.1, 0.15) is 23.6 Å². The summed E-state index contributed by atoms with van der Waals surface area (Å²) in [6, 6.07) is 9.56. The zero-order valence-corrected chi connectivity index (χ0v) is 20.9. The molecule has 0 radical (unpaired) electrons. The highest BCUT2D eigenvalue weighted by Gasteiger charge is 2.34. The van der Waals surface area contributed by atoms with E-state index in [0.717, 1.165) is 16.9 Å². The molecule has 1 amide bonds. The van der Waals surface area contributed by atoms with Crippen LogP contribution in [0.15, 0.2) is 57.2 Å². The third-order valence-corrected chi connectivity index (χ3v) is 5.63. The highest BCUT2D eigenvalue weighted by atomic mass is 79.9. The first-order valence-electron chi connectivity index (χ1n) is 10.6. The fraction of sp³-hybridized carbons (Fsp3) is 0.240. The number of allylic oxidation sites excluding steroid dienone is 1. The molecule has 2 aliphatic heterocycles. The third kappa shape index (κ3) is 4.99. The zero-order chi connectivity index (χ0) is 24.4. The van der Waals surface area contributed by atoms with Gasteiger partial charge in [-0.05, 0) is 83.7 Å². The van der Waals surface area contributed by atoms with Crippen molar-refractivity contribution < 1.29 is 23.8 Å². The Morgan fingerprint density at radius 3 is 2.50 bits per heavy atom. The Kier molecular flexibility index (Phi) is 6.74. The number of amidine groups is 2. The summed E-state index contributed by atoms with van der Waals surface area (Å²) in [5, 5.41) is 9.59. The lowest BCUT2D eigenvalue weighted by Gasteiger charge is -2.23. The maximum atomic E-state index is 12.5. The van der Waals surface area contributed by atoms with Crippen molar-refractivity contribution in [3.8, 4) is 17.2 Å². The van der Waals surface area contributed by atoms with Crippen molar-refractivity contribution in [3.05, 3.63) is 68.9 Å². The van der Waals surface area contributed by atoms with Crippen molar-refractivity contribution >= 4 is 39.6 Å². The summed E-state index contributed by atoms with van der Waals surface area (Å²) < 4.78 is 17.9.